The molecule has 1 aromatic rings. The number of aliphatic carboxylic acids is 1. The van der Waals surface area contributed by atoms with E-state index < -0.39 is 47.8 Å². The Kier molecular flexibility index (Phi) is 12.8. The number of nitrogens with one attached hydrogen (secondary N) is 4. The Morgan fingerprint density at radius 3 is 2.06 bits per heavy atom. The van der Waals surface area contributed by atoms with E-state index in [1.54, 1.807) is 24.3 Å². The number of urea groups is 1. The maximum atomic E-state index is 13.1. The number of carboxylic acids is 1. The number of nitrogens with two attached hydrogens (primary N) is 2. The summed E-state index contributed by atoms with van der Waals surface area (Å²) in [4.78, 5) is 60.3. The molecule has 0 radical (unpaired) electrons. The lowest BCUT2D eigenvalue weighted by atomic mass is 10.0. The van der Waals surface area contributed by atoms with Crippen LogP contribution in [-0.2, 0) is 25.6 Å². The van der Waals surface area contributed by atoms with Gasteiger partial charge in [0.05, 0.1) is 6.54 Å². The standard InChI is InChI=1S/C23H36N6O6/c1-14(2)11-17(20(31)28-16(22(33)34)9-6-10-26-23(25)35)29-21(32)18(27-19(30)13-24)12-15-7-4-3-5-8-15/h3-5,7-8,14,16-18H,6,9-13,24H2,1-2H3,(H,27,30)(H,28,31)(H,29,32)(H,33,34)(H3,25,26,35)/t16-,17-,18-/m0/s1. The SMILES string of the molecule is CC(C)C[C@H](NC(=O)[C@H](Cc1ccccc1)NC(=O)CN)C(=O)N[C@@H](CCCNC(N)=O)C(=O)O. The Balaban J connectivity index is 2.93. The number of hydrogen-bond donors (Lipinski definition) is 7. The highest BCUT2D eigenvalue weighted by molar-refractivity contribution is 5.93. The summed E-state index contributed by atoms with van der Waals surface area (Å²) in [5.41, 5.74) is 11.2. The number of carboxylic acid groups (broad SMARTS) is 1. The van der Waals surface area contributed by atoms with Gasteiger partial charge in [0, 0.05) is 13.0 Å². The molecule has 12 nitrogen and oxygen atoms in total. The van der Waals surface area contributed by atoms with Crippen molar-refractivity contribution in [3.8, 4) is 0 Å². The van der Waals surface area contributed by atoms with Gasteiger partial charge in [-0.25, -0.2) is 9.59 Å². The van der Waals surface area contributed by atoms with Gasteiger partial charge in [0.25, 0.3) is 0 Å². The fraction of sp³-hybridized carbons (Fsp3) is 0.522. The second-order valence-corrected chi connectivity index (χ2v) is 8.54. The van der Waals surface area contributed by atoms with Crippen LogP contribution < -0.4 is 32.7 Å². The summed E-state index contributed by atoms with van der Waals surface area (Å²) in [6.45, 7) is 3.56. The number of carbonyl (C=O) groups excluding carboxylic acids is 4. The quantitative estimate of drug-likeness (QED) is 0.155. The zero-order valence-electron chi connectivity index (χ0n) is 20.1. The van der Waals surface area contributed by atoms with Crippen molar-refractivity contribution in [2.75, 3.05) is 13.1 Å². The van der Waals surface area contributed by atoms with Crippen LogP contribution in [0.4, 0.5) is 4.79 Å². The minimum Gasteiger partial charge on any atom is -0.480 e. The highest BCUT2D eigenvalue weighted by Crippen LogP contribution is 2.09. The van der Waals surface area contributed by atoms with Gasteiger partial charge in [-0.2, -0.15) is 0 Å². The van der Waals surface area contributed by atoms with Gasteiger partial charge in [-0.3, -0.25) is 14.4 Å². The predicted octanol–water partition coefficient (Wildman–Crippen LogP) is -0.779. The van der Waals surface area contributed by atoms with Gasteiger partial charge in [0.15, 0.2) is 0 Å². The molecule has 0 aliphatic heterocycles. The van der Waals surface area contributed by atoms with Crippen LogP contribution in [0.15, 0.2) is 30.3 Å². The summed E-state index contributed by atoms with van der Waals surface area (Å²) >= 11 is 0. The third-order valence-electron chi connectivity index (χ3n) is 5.04. The Morgan fingerprint density at radius 1 is 0.914 bits per heavy atom. The van der Waals surface area contributed by atoms with E-state index in [2.05, 4.69) is 21.3 Å². The van der Waals surface area contributed by atoms with Crippen LogP contribution in [0.3, 0.4) is 0 Å². The van der Waals surface area contributed by atoms with Gasteiger partial charge in [-0.15, -0.1) is 0 Å². The average molecular weight is 493 g/mol. The number of primary amides is 1. The minimum atomic E-state index is -1.25. The van der Waals surface area contributed by atoms with Crippen LogP contribution in [0.2, 0.25) is 0 Å². The average Bonchev–Trinajstić information content (AvgIpc) is 2.79. The number of carbonyl (C=O) groups is 5. The molecule has 1 rings (SSSR count). The van der Waals surface area contributed by atoms with Crippen molar-refractivity contribution in [3.05, 3.63) is 35.9 Å². The van der Waals surface area contributed by atoms with Crippen LogP contribution in [0.25, 0.3) is 0 Å². The van der Waals surface area contributed by atoms with E-state index in [0.29, 0.717) is 0 Å². The van der Waals surface area contributed by atoms with Crippen molar-refractivity contribution in [1.29, 1.82) is 0 Å². The maximum absolute atomic E-state index is 13.1. The molecule has 0 heterocycles. The van der Waals surface area contributed by atoms with Gasteiger partial charge < -0.3 is 37.8 Å². The van der Waals surface area contributed by atoms with Gasteiger partial charge in [-0.1, -0.05) is 44.2 Å². The predicted molar refractivity (Wildman–Crippen MR) is 129 cm³/mol. The van der Waals surface area contributed by atoms with Crippen molar-refractivity contribution in [3.63, 3.8) is 0 Å². The zero-order chi connectivity index (χ0) is 26.4. The molecule has 9 N–H and O–H groups in total. The summed E-state index contributed by atoms with van der Waals surface area (Å²) in [5, 5.41) is 19.5. The van der Waals surface area contributed by atoms with Crippen molar-refractivity contribution in [1.82, 2.24) is 21.3 Å². The topological polar surface area (TPSA) is 206 Å². The molecule has 194 valence electrons. The highest BCUT2D eigenvalue weighted by Gasteiger charge is 2.30. The monoisotopic (exact) mass is 492 g/mol. The van der Waals surface area contributed by atoms with Gasteiger partial charge in [0.2, 0.25) is 17.7 Å². The first-order valence-corrected chi connectivity index (χ1v) is 11.4. The molecule has 12 heteroatoms. The van der Waals surface area contributed by atoms with Crippen molar-refractivity contribution in [2.24, 2.45) is 17.4 Å². The lowest BCUT2D eigenvalue weighted by Crippen LogP contribution is -2.57. The van der Waals surface area contributed by atoms with Crippen LogP contribution in [0, 0.1) is 5.92 Å². The van der Waals surface area contributed by atoms with Gasteiger partial charge in [-0.05, 0) is 30.7 Å². The number of rotatable bonds is 15. The molecule has 0 bridgehead atoms. The normalized spacial score (nSPS) is 13.3. The van der Waals surface area contributed by atoms with Gasteiger partial charge in [0.1, 0.15) is 18.1 Å². The largest absolute Gasteiger partial charge is 0.480 e. The van der Waals surface area contributed by atoms with Crippen LogP contribution in [-0.4, -0.2) is 66.0 Å². The molecule has 35 heavy (non-hydrogen) atoms. The second-order valence-electron chi connectivity index (χ2n) is 8.54. The van der Waals surface area contributed by atoms with E-state index in [9.17, 15) is 29.1 Å². The summed E-state index contributed by atoms with van der Waals surface area (Å²) in [5.74, 6) is -3.02. The van der Waals surface area contributed by atoms with E-state index >= 15 is 0 Å². The summed E-state index contributed by atoms with van der Waals surface area (Å²) in [6.07, 6.45) is 0.744. The van der Waals surface area contributed by atoms with Crippen LogP contribution >= 0.6 is 0 Å². The molecule has 0 saturated heterocycles. The maximum Gasteiger partial charge on any atom is 0.326 e. The molecule has 5 amide bonds. The van der Waals surface area contributed by atoms with E-state index in [0.717, 1.165) is 5.56 Å². The van der Waals surface area contributed by atoms with Crippen LogP contribution in [0.5, 0.6) is 0 Å². The number of benzene rings is 1. The highest BCUT2D eigenvalue weighted by atomic mass is 16.4. The first-order chi connectivity index (χ1) is 16.5. The molecule has 0 spiro atoms. The number of amides is 5. The van der Waals surface area contributed by atoms with Crippen molar-refractivity contribution < 1.29 is 29.1 Å². The summed E-state index contributed by atoms with van der Waals surface area (Å²) < 4.78 is 0. The Labute approximate surface area is 204 Å². The third kappa shape index (κ3) is 11.8. The Bertz CT molecular complexity index is 863. The van der Waals surface area contributed by atoms with E-state index in [1.165, 1.54) is 0 Å². The molecular weight excluding hydrogens is 456 g/mol. The second kappa shape index (κ2) is 15.3. The van der Waals surface area contributed by atoms with Crippen molar-refractivity contribution in [2.45, 2.75) is 57.7 Å². The first-order valence-electron chi connectivity index (χ1n) is 11.4. The fourth-order valence-corrected chi connectivity index (χ4v) is 3.34. The Morgan fingerprint density at radius 2 is 1.51 bits per heavy atom. The lowest BCUT2D eigenvalue weighted by Gasteiger charge is -2.25. The summed E-state index contributed by atoms with van der Waals surface area (Å²) in [6, 6.07) is 5.07. The van der Waals surface area contributed by atoms with E-state index in [4.69, 9.17) is 11.5 Å². The zero-order valence-corrected chi connectivity index (χ0v) is 20.1. The third-order valence-corrected chi connectivity index (χ3v) is 5.04. The molecule has 0 saturated carbocycles. The van der Waals surface area contributed by atoms with Crippen LogP contribution in [0.1, 0.15) is 38.7 Å². The minimum absolute atomic E-state index is 0.000279. The Hall–Kier alpha value is -3.67. The van der Waals surface area contributed by atoms with E-state index in [1.807, 2.05) is 19.9 Å². The number of hydrogen-bond acceptors (Lipinski definition) is 6. The first kappa shape index (κ1) is 29.4. The van der Waals surface area contributed by atoms with Gasteiger partial charge >= 0.3 is 12.0 Å². The fourth-order valence-electron chi connectivity index (χ4n) is 3.34. The molecule has 0 fully saturated rings. The molecule has 0 aliphatic carbocycles. The van der Waals surface area contributed by atoms with E-state index in [-0.39, 0.29) is 44.7 Å². The molecule has 0 unspecified atom stereocenters. The molecular formula is C23H36N6O6. The molecule has 3 atom stereocenters. The molecule has 0 aliphatic rings. The smallest absolute Gasteiger partial charge is 0.326 e. The molecule has 0 aromatic heterocycles. The molecule has 1 aromatic carbocycles. The van der Waals surface area contributed by atoms with Crippen molar-refractivity contribution >= 4 is 29.7 Å². The lowest BCUT2D eigenvalue weighted by molar-refractivity contribution is -0.142. The summed E-state index contributed by atoms with van der Waals surface area (Å²) in [7, 11) is 0.